The fraction of sp³-hybridized carbons (Fsp3) is 0.111. The number of benzene rings is 2. The molecule has 0 amide bonds. The Labute approximate surface area is 130 Å². The number of allylic oxidation sites excluding steroid dienone is 1. The van der Waals surface area contributed by atoms with E-state index in [0.29, 0.717) is 5.71 Å². The van der Waals surface area contributed by atoms with Crippen LogP contribution < -0.4 is 5.01 Å². The van der Waals surface area contributed by atoms with Crippen LogP contribution in [-0.4, -0.2) is 25.8 Å². The molecule has 2 aromatic carbocycles. The zero-order valence-electron chi connectivity index (χ0n) is 12.6. The smallest absolute Gasteiger partial charge is 0.330 e. The van der Waals surface area contributed by atoms with Crippen LogP contribution in [0.2, 0.25) is 0 Å². The second-order valence-corrected chi connectivity index (χ2v) is 4.57. The number of anilines is 1. The summed E-state index contributed by atoms with van der Waals surface area (Å²) in [7, 11) is 3.21. The Hall–Kier alpha value is -2.88. The quantitative estimate of drug-likeness (QED) is 0.368. The van der Waals surface area contributed by atoms with Crippen molar-refractivity contribution >= 4 is 17.4 Å². The summed E-state index contributed by atoms with van der Waals surface area (Å²) in [5.74, 6) is -0.411. The summed E-state index contributed by atoms with van der Waals surface area (Å²) in [6.07, 6.45) is 3.02. The molecule has 0 fully saturated rings. The molecule has 0 N–H and O–H groups in total. The zero-order chi connectivity index (χ0) is 15.8. The molecule has 0 bridgehead atoms. The van der Waals surface area contributed by atoms with E-state index in [9.17, 15) is 4.79 Å². The molecule has 4 nitrogen and oxygen atoms in total. The monoisotopic (exact) mass is 294 g/mol. The van der Waals surface area contributed by atoms with E-state index in [1.54, 1.807) is 11.1 Å². The average molecular weight is 294 g/mol. The third-order valence-electron chi connectivity index (χ3n) is 3.04. The topological polar surface area (TPSA) is 41.9 Å². The van der Waals surface area contributed by atoms with Crippen molar-refractivity contribution in [3.05, 3.63) is 78.4 Å². The molecule has 0 heterocycles. The summed E-state index contributed by atoms with van der Waals surface area (Å²) < 4.78 is 4.63. The molecule has 0 aliphatic rings. The van der Waals surface area contributed by atoms with Crippen molar-refractivity contribution in [1.29, 1.82) is 0 Å². The van der Waals surface area contributed by atoms with Gasteiger partial charge in [0.15, 0.2) is 0 Å². The van der Waals surface area contributed by atoms with Crippen molar-refractivity contribution in [1.82, 2.24) is 0 Å². The zero-order valence-corrected chi connectivity index (χ0v) is 12.6. The fourth-order valence-corrected chi connectivity index (χ4v) is 1.87. The van der Waals surface area contributed by atoms with E-state index in [1.165, 1.54) is 13.2 Å². The van der Waals surface area contributed by atoms with Crippen molar-refractivity contribution < 1.29 is 9.53 Å². The highest BCUT2D eigenvalue weighted by Crippen LogP contribution is 2.13. The van der Waals surface area contributed by atoms with Gasteiger partial charge in [-0.05, 0) is 18.2 Å². The van der Waals surface area contributed by atoms with Gasteiger partial charge in [-0.3, -0.25) is 5.01 Å². The van der Waals surface area contributed by atoms with Crippen LogP contribution in [0.25, 0.3) is 0 Å². The molecule has 0 spiro atoms. The Morgan fingerprint density at radius 2 is 1.59 bits per heavy atom. The average Bonchev–Trinajstić information content (AvgIpc) is 2.59. The van der Waals surface area contributed by atoms with Crippen LogP contribution in [0.5, 0.6) is 0 Å². The summed E-state index contributed by atoms with van der Waals surface area (Å²) in [4.78, 5) is 11.3. The molecule has 2 aromatic rings. The van der Waals surface area contributed by atoms with Crippen LogP contribution in [0.15, 0.2) is 77.9 Å². The molecule has 0 unspecified atom stereocenters. The molecular formula is C18H18N2O2. The second-order valence-electron chi connectivity index (χ2n) is 4.57. The van der Waals surface area contributed by atoms with E-state index < -0.39 is 5.97 Å². The third-order valence-corrected chi connectivity index (χ3v) is 3.04. The van der Waals surface area contributed by atoms with Crippen LogP contribution in [0.3, 0.4) is 0 Å². The Kier molecular flexibility index (Phi) is 5.49. The number of para-hydroxylation sites is 1. The van der Waals surface area contributed by atoms with E-state index >= 15 is 0 Å². The summed E-state index contributed by atoms with van der Waals surface area (Å²) in [6.45, 7) is 0. The lowest BCUT2D eigenvalue weighted by Crippen LogP contribution is -2.13. The highest BCUT2D eigenvalue weighted by Gasteiger charge is 2.04. The lowest BCUT2D eigenvalue weighted by atomic mass is 10.1. The second kappa shape index (κ2) is 7.78. The van der Waals surface area contributed by atoms with E-state index in [4.69, 9.17) is 0 Å². The van der Waals surface area contributed by atoms with Gasteiger partial charge in [-0.15, -0.1) is 0 Å². The molecule has 0 atom stereocenters. The molecule has 0 saturated carbocycles. The molecule has 2 rings (SSSR count). The maximum Gasteiger partial charge on any atom is 0.330 e. The van der Waals surface area contributed by atoms with Crippen LogP contribution >= 0.6 is 0 Å². The summed E-state index contributed by atoms with van der Waals surface area (Å²) >= 11 is 0. The Balaban J connectivity index is 2.33. The number of hydrogen-bond donors (Lipinski definition) is 0. The summed E-state index contributed by atoms with van der Waals surface area (Å²) in [5, 5.41) is 6.35. The van der Waals surface area contributed by atoms with Crippen LogP contribution in [0.1, 0.15) is 5.56 Å². The van der Waals surface area contributed by atoms with E-state index in [-0.39, 0.29) is 0 Å². The van der Waals surface area contributed by atoms with Gasteiger partial charge in [-0.25, -0.2) is 4.79 Å². The lowest BCUT2D eigenvalue weighted by Gasteiger charge is -2.14. The molecule has 112 valence electrons. The highest BCUT2D eigenvalue weighted by atomic mass is 16.5. The van der Waals surface area contributed by atoms with Gasteiger partial charge in [0, 0.05) is 18.7 Å². The number of ether oxygens (including phenoxy) is 1. The van der Waals surface area contributed by atoms with E-state index in [2.05, 4.69) is 9.84 Å². The molecule has 0 aliphatic heterocycles. The summed E-state index contributed by atoms with van der Waals surface area (Å²) in [5.41, 5.74) is 2.56. The van der Waals surface area contributed by atoms with Crippen molar-refractivity contribution in [3.63, 3.8) is 0 Å². The number of hydrazone groups is 1. The van der Waals surface area contributed by atoms with Crippen molar-refractivity contribution in [2.45, 2.75) is 0 Å². The first-order valence-corrected chi connectivity index (χ1v) is 6.89. The van der Waals surface area contributed by atoms with E-state index in [1.807, 2.05) is 67.7 Å². The number of nitrogens with zero attached hydrogens (tertiary/aromatic N) is 2. The van der Waals surface area contributed by atoms with Crippen molar-refractivity contribution in [3.8, 4) is 0 Å². The summed E-state index contributed by atoms with van der Waals surface area (Å²) in [6, 6.07) is 19.5. The Morgan fingerprint density at radius 1 is 1.00 bits per heavy atom. The van der Waals surface area contributed by atoms with Gasteiger partial charge in [0.2, 0.25) is 0 Å². The lowest BCUT2D eigenvalue weighted by molar-refractivity contribution is -0.134. The SMILES string of the molecule is COC(=O)/C=C\C(=N/N(C)c1ccccc1)c1ccccc1. The first-order valence-electron chi connectivity index (χ1n) is 6.89. The normalized spacial score (nSPS) is 11.5. The van der Waals surface area contributed by atoms with Crippen LogP contribution in [0.4, 0.5) is 5.69 Å². The molecule has 0 aromatic heterocycles. The fourth-order valence-electron chi connectivity index (χ4n) is 1.87. The molecule has 0 saturated heterocycles. The molecule has 0 aliphatic carbocycles. The van der Waals surface area contributed by atoms with Gasteiger partial charge in [-0.2, -0.15) is 5.10 Å². The van der Waals surface area contributed by atoms with Gasteiger partial charge >= 0.3 is 5.97 Å². The number of rotatable bonds is 5. The van der Waals surface area contributed by atoms with E-state index in [0.717, 1.165) is 11.3 Å². The highest BCUT2D eigenvalue weighted by molar-refractivity contribution is 6.11. The number of hydrogen-bond acceptors (Lipinski definition) is 4. The van der Waals surface area contributed by atoms with Gasteiger partial charge in [-0.1, -0.05) is 48.5 Å². The molecule has 4 heteroatoms. The standard InChI is InChI=1S/C18H18N2O2/c1-20(16-11-7-4-8-12-16)19-17(13-14-18(21)22-2)15-9-5-3-6-10-15/h3-14H,1-2H3/b14-13-,19-17+. The van der Waals surface area contributed by atoms with Gasteiger partial charge < -0.3 is 4.74 Å². The van der Waals surface area contributed by atoms with Crippen molar-refractivity contribution in [2.75, 3.05) is 19.2 Å². The molecular weight excluding hydrogens is 276 g/mol. The van der Waals surface area contributed by atoms with Crippen molar-refractivity contribution in [2.24, 2.45) is 5.10 Å². The molecule has 22 heavy (non-hydrogen) atoms. The Bertz CT molecular complexity index is 664. The third kappa shape index (κ3) is 4.31. The van der Waals surface area contributed by atoms with Gasteiger partial charge in [0.05, 0.1) is 18.5 Å². The largest absolute Gasteiger partial charge is 0.466 e. The number of esters is 1. The maximum atomic E-state index is 11.3. The first kappa shape index (κ1) is 15.5. The first-order chi connectivity index (χ1) is 10.7. The minimum atomic E-state index is -0.411. The van der Waals surface area contributed by atoms with Gasteiger partial charge in [0.25, 0.3) is 0 Å². The number of carbonyl (C=O) groups is 1. The molecule has 0 radical (unpaired) electrons. The Morgan fingerprint density at radius 3 is 2.18 bits per heavy atom. The minimum Gasteiger partial charge on any atom is -0.466 e. The minimum absolute atomic E-state index is 0.411. The number of methoxy groups -OCH3 is 1. The van der Waals surface area contributed by atoms with Gasteiger partial charge in [0.1, 0.15) is 0 Å². The van der Waals surface area contributed by atoms with Crippen LogP contribution in [-0.2, 0) is 9.53 Å². The predicted octanol–water partition coefficient (Wildman–Crippen LogP) is 3.26. The van der Waals surface area contributed by atoms with Crippen LogP contribution in [0, 0.1) is 0 Å². The maximum absolute atomic E-state index is 11.3. The predicted molar refractivity (Wildman–Crippen MR) is 89.0 cm³/mol. The number of carbonyl (C=O) groups excluding carboxylic acids is 1.